The van der Waals surface area contributed by atoms with E-state index in [1.807, 2.05) is 0 Å². The van der Waals surface area contributed by atoms with Crippen molar-refractivity contribution < 1.29 is 0 Å². The maximum absolute atomic E-state index is 2.31. The molecular formula is C16H26. The van der Waals surface area contributed by atoms with Crippen LogP contribution in [0.5, 0.6) is 0 Å². The van der Waals surface area contributed by atoms with Crippen molar-refractivity contribution >= 4 is 0 Å². The Bertz CT molecular complexity index is 281. The third-order valence-corrected chi connectivity index (χ3v) is 3.45. The SMILES string of the molecule is CCCC(CC)Cc1ccc(C(C)C)cc1. The average Bonchev–Trinajstić information content (AvgIpc) is 2.29. The summed E-state index contributed by atoms with van der Waals surface area (Å²) >= 11 is 0. The van der Waals surface area contributed by atoms with Gasteiger partial charge in [-0.2, -0.15) is 0 Å². The number of hydrogen-bond acceptors (Lipinski definition) is 0. The quantitative estimate of drug-likeness (QED) is 0.617. The van der Waals surface area contributed by atoms with Crippen molar-refractivity contribution in [1.82, 2.24) is 0 Å². The van der Waals surface area contributed by atoms with Crippen molar-refractivity contribution in [3.63, 3.8) is 0 Å². The minimum atomic E-state index is 0.645. The van der Waals surface area contributed by atoms with Gasteiger partial charge >= 0.3 is 0 Å². The van der Waals surface area contributed by atoms with Gasteiger partial charge in [-0.05, 0) is 29.4 Å². The average molecular weight is 218 g/mol. The van der Waals surface area contributed by atoms with Crippen molar-refractivity contribution in [1.29, 1.82) is 0 Å². The Labute approximate surface area is 101 Å². The second-order valence-corrected chi connectivity index (χ2v) is 5.16. The van der Waals surface area contributed by atoms with Crippen LogP contribution >= 0.6 is 0 Å². The third kappa shape index (κ3) is 4.00. The van der Waals surface area contributed by atoms with E-state index in [2.05, 4.69) is 52.0 Å². The van der Waals surface area contributed by atoms with E-state index in [0.29, 0.717) is 5.92 Å². The van der Waals surface area contributed by atoms with Gasteiger partial charge in [0.05, 0.1) is 0 Å². The van der Waals surface area contributed by atoms with Crippen molar-refractivity contribution in [3.05, 3.63) is 35.4 Å². The zero-order valence-electron chi connectivity index (χ0n) is 11.3. The maximum Gasteiger partial charge on any atom is -0.0219 e. The van der Waals surface area contributed by atoms with Crippen LogP contribution < -0.4 is 0 Å². The number of rotatable bonds is 6. The molecule has 0 aliphatic carbocycles. The van der Waals surface area contributed by atoms with Gasteiger partial charge < -0.3 is 0 Å². The summed E-state index contributed by atoms with van der Waals surface area (Å²) in [5, 5.41) is 0. The van der Waals surface area contributed by atoms with Gasteiger partial charge in [0.1, 0.15) is 0 Å². The minimum Gasteiger partial charge on any atom is -0.0654 e. The molecule has 0 bridgehead atoms. The normalized spacial score (nSPS) is 13.1. The Morgan fingerprint density at radius 1 is 1.00 bits per heavy atom. The van der Waals surface area contributed by atoms with E-state index in [0.717, 1.165) is 5.92 Å². The van der Waals surface area contributed by atoms with E-state index < -0.39 is 0 Å². The van der Waals surface area contributed by atoms with E-state index in [1.54, 1.807) is 0 Å². The first-order valence-electron chi connectivity index (χ1n) is 6.76. The summed E-state index contributed by atoms with van der Waals surface area (Å²) in [4.78, 5) is 0. The standard InChI is InChI=1S/C16H26/c1-5-7-14(6-2)12-15-8-10-16(11-9-15)13(3)4/h8-11,13-14H,5-7,12H2,1-4H3. The zero-order chi connectivity index (χ0) is 12.0. The van der Waals surface area contributed by atoms with E-state index >= 15 is 0 Å². The molecule has 1 rings (SSSR count). The summed E-state index contributed by atoms with van der Waals surface area (Å²) in [5.41, 5.74) is 2.96. The Morgan fingerprint density at radius 3 is 2.06 bits per heavy atom. The van der Waals surface area contributed by atoms with Crippen LogP contribution in [0.3, 0.4) is 0 Å². The van der Waals surface area contributed by atoms with Gasteiger partial charge in [-0.3, -0.25) is 0 Å². The first kappa shape index (κ1) is 13.3. The van der Waals surface area contributed by atoms with Gasteiger partial charge in [0.25, 0.3) is 0 Å². The molecule has 0 spiro atoms. The molecule has 0 N–H and O–H groups in total. The van der Waals surface area contributed by atoms with E-state index in [4.69, 9.17) is 0 Å². The minimum absolute atomic E-state index is 0.645. The fourth-order valence-electron chi connectivity index (χ4n) is 2.23. The van der Waals surface area contributed by atoms with Gasteiger partial charge in [-0.15, -0.1) is 0 Å². The third-order valence-electron chi connectivity index (χ3n) is 3.45. The lowest BCUT2D eigenvalue weighted by molar-refractivity contribution is 0.462. The largest absolute Gasteiger partial charge is 0.0654 e. The van der Waals surface area contributed by atoms with Crippen LogP contribution in [0.25, 0.3) is 0 Å². The molecule has 0 radical (unpaired) electrons. The van der Waals surface area contributed by atoms with Gasteiger partial charge in [-0.25, -0.2) is 0 Å². The highest BCUT2D eigenvalue weighted by Gasteiger charge is 2.06. The lowest BCUT2D eigenvalue weighted by atomic mass is 9.91. The Balaban J connectivity index is 2.60. The molecule has 0 saturated heterocycles. The molecule has 0 aliphatic rings. The van der Waals surface area contributed by atoms with Crippen LogP contribution in [-0.4, -0.2) is 0 Å². The smallest absolute Gasteiger partial charge is 0.0219 e. The predicted molar refractivity (Wildman–Crippen MR) is 72.9 cm³/mol. The molecule has 0 heteroatoms. The van der Waals surface area contributed by atoms with Gasteiger partial charge in [-0.1, -0.05) is 71.2 Å². The predicted octanol–water partition coefficient (Wildman–Crippen LogP) is 5.18. The summed E-state index contributed by atoms with van der Waals surface area (Å²) < 4.78 is 0. The maximum atomic E-state index is 2.31. The summed E-state index contributed by atoms with van der Waals surface area (Å²) in [6.45, 7) is 9.09. The van der Waals surface area contributed by atoms with E-state index in [-0.39, 0.29) is 0 Å². The van der Waals surface area contributed by atoms with Crippen LogP contribution in [0.4, 0.5) is 0 Å². The molecule has 0 aliphatic heterocycles. The topological polar surface area (TPSA) is 0 Å². The molecule has 1 aromatic rings. The van der Waals surface area contributed by atoms with Crippen molar-refractivity contribution in [3.8, 4) is 0 Å². The number of benzene rings is 1. The van der Waals surface area contributed by atoms with Crippen molar-refractivity contribution in [2.24, 2.45) is 5.92 Å². The second-order valence-electron chi connectivity index (χ2n) is 5.16. The molecule has 1 unspecified atom stereocenters. The molecular weight excluding hydrogens is 192 g/mol. The van der Waals surface area contributed by atoms with Crippen LogP contribution in [0.15, 0.2) is 24.3 Å². The molecule has 0 amide bonds. The van der Waals surface area contributed by atoms with E-state index in [9.17, 15) is 0 Å². The molecule has 0 aromatic heterocycles. The molecule has 0 fully saturated rings. The van der Waals surface area contributed by atoms with Gasteiger partial charge in [0.15, 0.2) is 0 Å². The highest BCUT2D eigenvalue weighted by atomic mass is 14.1. The first-order chi connectivity index (χ1) is 7.67. The fourth-order valence-corrected chi connectivity index (χ4v) is 2.23. The van der Waals surface area contributed by atoms with Crippen molar-refractivity contribution in [2.75, 3.05) is 0 Å². The van der Waals surface area contributed by atoms with Crippen LogP contribution in [0.2, 0.25) is 0 Å². The van der Waals surface area contributed by atoms with E-state index in [1.165, 1.54) is 36.8 Å². The monoisotopic (exact) mass is 218 g/mol. The summed E-state index contributed by atoms with van der Waals surface area (Å²) in [7, 11) is 0. The molecule has 0 saturated carbocycles. The van der Waals surface area contributed by atoms with Gasteiger partial charge in [0, 0.05) is 0 Å². The Hall–Kier alpha value is -0.780. The Morgan fingerprint density at radius 2 is 1.62 bits per heavy atom. The molecule has 90 valence electrons. The van der Waals surface area contributed by atoms with Crippen LogP contribution in [0, 0.1) is 5.92 Å². The Kier molecular flexibility index (Phi) is 5.59. The van der Waals surface area contributed by atoms with Crippen LogP contribution in [-0.2, 0) is 6.42 Å². The molecule has 16 heavy (non-hydrogen) atoms. The van der Waals surface area contributed by atoms with Crippen LogP contribution in [0.1, 0.15) is 64.0 Å². The summed E-state index contributed by atoms with van der Waals surface area (Å²) in [6, 6.07) is 9.21. The lowest BCUT2D eigenvalue weighted by Crippen LogP contribution is -2.03. The van der Waals surface area contributed by atoms with Gasteiger partial charge in [0.2, 0.25) is 0 Å². The van der Waals surface area contributed by atoms with Crippen molar-refractivity contribution in [2.45, 2.75) is 59.3 Å². The molecule has 0 heterocycles. The molecule has 1 aromatic carbocycles. The highest BCUT2D eigenvalue weighted by molar-refractivity contribution is 5.24. The zero-order valence-corrected chi connectivity index (χ0v) is 11.3. The second kappa shape index (κ2) is 6.73. The lowest BCUT2D eigenvalue weighted by Gasteiger charge is -2.14. The molecule has 1 atom stereocenters. The number of hydrogen-bond donors (Lipinski definition) is 0. The molecule has 0 nitrogen and oxygen atoms in total. The summed E-state index contributed by atoms with van der Waals surface area (Å²) in [5.74, 6) is 1.52. The fraction of sp³-hybridized carbons (Fsp3) is 0.625. The first-order valence-corrected chi connectivity index (χ1v) is 6.76. The summed E-state index contributed by atoms with van der Waals surface area (Å²) in [6.07, 6.45) is 5.23. The highest BCUT2D eigenvalue weighted by Crippen LogP contribution is 2.20.